The minimum absolute atomic E-state index is 0.0358. The van der Waals surface area contributed by atoms with Crippen molar-refractivity contribution in [2.24, 2.45) is 0 Å². The van der Waals surface area contributed by atoms with Gasteiger partial charge in [0.25, 0.3) is 5.91 Å². The summed E-state index contributed by atoms with van der Waals surface area (Å²) < 4.78 is 5.56. The summed E-state index contributed by atoms with van der Waals surface area (Å²) in [4.78, 5) is 12.2. The van der Waals surface area contributed by atoms with Crippen LogP contribution in [0.25, 0.3) is 0 Å². The number of nitrogens with one attached hydrogen (secondary N) is 1. The lowest BCUT2D eigenvalue weighted by molar-refractivity contribution is 0.0931. The third-order valence-corrected chi connectivity index (χ3v) is 4.26. The minimum Gasteiger partial charge on any atom is -0.457 e. The number of nitrogen functional groups attached to an aromatic ring is 1. The number of carbonyl (C=O) groups is 1. The van der Waals surface area contributed by atoms with Crippen LogP contribution >= 0.6 is 15.9 Å². The molecular weight excluding hydrogens is 320 g/mol. The van der Waals surface area contributed by atoms with Crippen LogP contribution in [0.3, 0.4) is 0 Å². The van der Waals surface area contributed by atoms with Gasteiger partial charge in [-0.15, -0.1) is 0 Å². The Morgan fingerprint density at radius 3 is 3.00 bits per heavy atom. The Kier molecular flexibility index (Phi) is 3.53. The first kappa shape index (κ1) is 13.2. The van der Waals surface area contributed by atoms with Gasteiger partial charge >= 0.3 is 0 Å². The standard InChI is InChI=1S/C15H15BrN2O2/c16-14-12(6-7-20-14)15(19)18-13-3-1-2-9-8-10(17)4-5-11(9)13/h4-8,13H,1-3,17H2,(H,18,19). The number of hydrogen-bond acceptors (Lipinski definition) is 3. The molecule has 0 saturated heterocycles. The Bertz CT molecular complexity index is 651. The van der Waals surface area contributed by atoms with Crippen molar-refractivity contribution in [1.82, 2.24) is 5.32 Å². The molecule has 0 aliphatic heterocycles. The summed E-state index contributed by atoms with van der Waals surface area (Å²) in [6.45, 7) is 0. The number of furan rings is 1. The van der Waals surface area contributed by atoms with E-state index in [0.717, 1.165) is 24.9 Å². The molecule has 0 fully saturated rings. The number of fused-ring (bicyclic) bond motifs is 1. The zero-order chi connectivity index (χ0) is 14.1. The van der Waals surface area contributed by atoms with Crippen molar-refractivity contribution in [3.05, 3.63) is 51.9 Å². The van der Waals surface area contributed by atoms with Crippen molar-refractivity contribution in [1.29, 1.82) is 0 Å². The number of rotatable bonds is 2. The van der Waals surface area contributed by atoms with Crippen molar-refractivity contribution in [3.8, 4) is 0 Å². The predicted molar refractivity (Wildman–Crippen MR) is 80.4 cm³/mol. The maximum absolute atomic E-state index is 12.2. The van der Waals surface area contributed by atoms with E-state index in [1.807, 2.05) is 18.2 Å². The van der Waals surface area contributed by atoms with Gasteiger partial charge in [0.1, 0.15) is 0 Å². The van der Waals surface area contributed by atoms with E-state index in [4.69, 9.17) is 10.2 Å². The fraction of sp³-hybridized carbons (Fsp3) is 0.267. The second kappa shape index (κ2) is 5.32. The lowest BCUT2D eigenvalue weighted by atomic mass is 9.87. The molecule has 1 aromatic carbocycles. The van der Waals surface area contributed by atoms with E-state index in [1.54, 1.807) is 6.07 Å². The van der Waals surface area contributed by atoms with Gasteiger partial charge in [-0.1, -0.05) is 6.07 Å². The van der Waals surface area contributed by atoms with Gasteiger partial charge in [0.2, 0.25) is 0 Å². The van der Waals surface area contributed by atoms with Crippen molar-refractivity contribution < 1.29 is 9.21 Å². The summed E-state index contributed by atoms with van der Waals surface area (Å²) in [6.07, 6.45) is 4.50. The van der Waals surface area contributed by atoms with Gasteiger partial charge in [-0.3, -0.25) is 4.79 Å². The fourth-order valence-corrected chi connectivity index (χ4v) is 3.10. The van der Waals surface area contributed by atoms with Gasteiger partial charge in [0.15, 0.2) is 4.67 Å². The van der Waals surface area contributed by atoms with Crippen LogP contribution in [-0.2, 0) is 6.42 Å². The fourth-order valence-electron chi connectivity index (χ4n) is 2.68. The largest absolute Gasteiger partial charge is 0.457 e. The van der Waals surface area contributed by atoms with E-state index in [2.05, 4.69) is 21.2 Å². The molecule has 0 bridgehead atoms. The molecule has 20 heavy (non-hydrogen) atoms. The molecule has 3 N–H and O–H groups in total. The average Bonchev–Trinajstić information content (AvgIpc) is 2.85. The summed E-state index contributed by atoms with van der Waals surface area (Å²) in [6, 6.07) is 7.60. The molecule has 1 aliphatic rings. The van der Waals surface area contributed by atoms with E-state index in [9.17, 15) is 4.79 Å². The van der Waals surface area contributed by atoms with Crippen LogP contribution in [0.2, 0.25) is 0 Å². The Labute approximate surface area is 125 Å². The SMILES string of the molecule is Nc1ccc2c(c1)CCCC2NC(=O)c1ccoc1Br. The van der Waals surface area contributed by atoms with Crippen LogP contribution in [0.15, 0.2) is 39.6 Å². The van der Waals surface area contributed by atoms with E-state index in [1.165, 1.54) is 17.4 Å². The first-order valence-electron chi connectivity index (χ1n) is 6.57. The molecule has 3 rings (SSSR count). The van der Waals surface area contributed by atoms with E-state index in [-0.39, 0.29) is 11.9 Å². The number of amides is 1. The number of aryl methyl sites for hydroxylation is 1. The summed E-state index contributed by atoms with van der Waals surface area (Å²) in [5.74, 6) is -0.125. The number of nitrogens with two attached hydrogens (primary N) is 1. The molecular formula is C15H15BrN2O2. The molecule has 104 valence electrons. The minimum atomic E-state index is -0.125. The van der Waals surface area contributed by atoms with Gasteiger partial charge < -0.3 is 15.5 Å². The monoisotopic (exact) mass is 334 g/mol. The summed E-state index contributed by atoms with van der Waals surface area (Å²) >= 11 is 3.23. The lowest BCUT2D eigenvalue weighted by Gasteiger charge is -2.26. The molecule has 1 unspecified atom stereocenters. The first-order chi connectivity index (χ1) is 9.65. The topological polar surface area (TPSA) is 68.3 Å². The van der Waals surface area contributed by atoms with E-state index in [0.29, 0.717) is 10.2 Å². The molecule has 1 aromatic heterocycles. The van der Waals surface area contributed by atoms with Gasteiger partial charge in [-0.05, 0) is 64.5 Å². The molecule has 0 spiro atoms. The molecule has 0 radical (unpaired) electrons. The maximum Gasteiger partial charge on any atom is 0.256 e. The lowest BCUT2D eigenvalue weighted by Crippen LogP contribution is -2.31. The van der Waals surface area contributed by atoms with Crippen LogP contribution in [-0.4, -0.2) is 5.91 Å². The van der Waals surface area contributed by atoms with E-state index < -0.39 is 0 Å². The smallest absolute Gasteiger partial charge is 0.256 e. The van der Waals surface area contributed by atoms with Crippen molar-refractivity contribution >= 4 is 27.5 Å². The third-order valence-electron chi connectivity index (χ3n) is 3.65. The molecule has 1 heterocycles. The number of halogens is 1. The quantitative estimate of drug-likeness (QED) is 0.826. The molecule has 0 saturated carbocycles. The van der Waals surface area contributed by atoms with Gasteiger partial charge in [0, 0.05) is 5.69 Å². The summed E-state index contributed by atoms with van der Waals surface area (Å²) in [7, 11) is 0. The van der Waals surface area contributed by atoms with Gasteiger partial charge in [0.05, 0.1) is 17.9 Å². The summed E-state index contributed by atoms with van der Waals surface area (Å²) in [5.41, 5.74) is 9.51. The van der Waals surface area contributed by atoms with Crippen LogP contribution in [0.1, 0.15) is 40.4 Å². The van der Waals surface area contributed by atoms with Crippen LogP contribution in [0.4, 0.5) is 5.69 Å². The van der Waals surface area contributed by atoms with E-state index >= 15 is 0 Å². The Hall–Kier alpha value is -1.75. The Morgan fingerprint density at radius 2 is 2.25 bits per heavy atom. The molecule has 2 aromatic rings. The Balaban J connectivity index is 1.83. The number of carbonyl (C=O) groups excluding carboxylic acids is 1. The summed E-state index contributed by atoms with van der Waals surface area (Å²) in [5, 5.41) is 3.07. The molecule has 4 nitrogen and oxygen atoms in total. The number of hydrogen-bond donors (Lipinski definition) is 2. The van der Waals surface area contributed by atoms with Gasteiger partial charge in [-0.2, -0.15) is 0 Å². The van der Waals surface area contributed by atoms with Gasteiger partial charge in [-0.25, -0.2) is 0 Å². The number of benzene rings is 1. The molecule has 1 aliphatic carbocycles. The van der Waals surface area contributed by atoms with Crippen molar-refractivity contribution in [2.75, 3.05) is 5.73 Å². The molecule has 1 amide bonds. The van der Waals surface area contributed by atoms with Crippen LogP contribution < -0.4 is 11.1 Å². The van der Waals surface area contributed by atoms with Crippen LogP contribution in [0.5, 0.6) is 0 Å². The number of anilines is 1. The maximum atomic E-state index is 12.2. The third kappa shape index (κ3) is 2.45. The zero-order valence-corrected chi connectivity index (χ0v) is 12.4. The zero-order valence-electron chi connectivity index (χ0n) is 10.9. The second-order valence-corrected chi connectivity index (χ2v) is 5.70. The second-order valence-electron chi connectivity index (χ2n) is 4.98. The van der Waals surface area contributed by atoms with Crippen LogP contribution in [0, 0.1) is 0 Å². The first-order valence-corrected chi connectivity index (χ1v) is 7.36. The highest BCUT2D eigenvalue weighted by molar-refractivity contribution is 9.10. The highest BCUT2D eigenvalue weighted by atomic mass is 79.9. The Morgan fingerprint density at radius 1 is 1.40 bits per heavy atom. The highest BCUT2D eigenvalue weighted by Gasteiger charge is 2.23. The van der Waals surface area contributed by atoms with Crippen molar-refractivity contribution in [2.45, 2.75) is 25.3 Å². The normalized spacial score (nSPS) is 17.6. The highest BCUT2D eigenvalue weighted by Crippen LogP contribution is 2.31. The molecule has 1 atom stereocenters. The predicted octanol–water partition coefficient (Wildman–Crippen LogP) is 3.43. The molecule has 5 heteroatoms. The van der Waals surface area contributed by atoms with Crippen molar-refractivity contribution in [3.63, 3.8) is 0 Å². The average molecular weight is 335 g/mol.